The number of nitrogens with zero attached hydrogens (tertiary/aromatic N) is 3. The summed E-state index contributed by atoms with van der Waals surface area (Å²) < 4.78 is 19.5. The fourth-order valence-electron chi connectivity index (χ4n) is 8.19. The number of fused-ring (bicyclic) bond motifs is 9. The van der Waals surface area contributed by atoms with Crippen molar-refractivity contribution in [3.8, 4) is 56.4 Å². The maximum absolute atomic E-state index is 7.06. The van der Waals surface area contributed by atoms with Crippen molar-refractivity contribution in [2.24, 2.45) is 0 Å². The lowest BCUT2D eigenvalue weighted by Gasteiger charge is -2.09. The molecule has 4 heterocycles. The molecule has 266 valence electrons. The quantitative estimate of drug-likeness (QED) is 0.175. The Morgan fingerprint density at radius 3 is 1.40 bits per heavy atom. The molecule has 0 spiro atoms. The highest BCUT2D eigenvalue weighted by Crippen LogP contribution is 2.44. The van der Waals surface area contributed by atoms with E-state index in [0.717, 1.165) is 99.2 Å². The number of furan rings is 3. The monoisotopic (exact) mass is 731 g/mol. The van der Waals surface area contributed by atoms with Crippen LogP contribution in [0, 0.1) is 0 Å². The van der Waals surface area contributed by atoms with E-state index in [0.29, 0.717) is 23.1 Å². The number of benzene rings is 8. The molecule has 0 radical (unpaired) electrons. The lowest BCUT2D eigenvalue weighted by atomic mass is 9.94. The van der Waals surface area contributed by atoms with Crippen molar-refractivity contribution in [2.45, 2.75) is 0 Å². The first-order valence-corrected chi connectivity index (χ1v) is 18.9. The molecule has 0 atom stereocenters. The zero-order valence-electron chi connectivity index (χ0n) is 30.3. The summed E-state index contributed by atoms with van der Waals surface area (Å²) in [5.41, 5.74) is 11.7. The van der Waals surface area contributed by atoms with E-state index in [1.165, 1.54) is 0 Å². The third kappa shape index (κ3) is 5.08. The standard InChI is InChI=1S/C51H29N3O3/c1-3-12-30(13-4-1)49-52-50(31-14-5-2-6-15-31)54-51(53-49)38-19-11-18-37-42-29-34(32-22-24-45-40(26-32)35-16-7-9-20-43(35)55-45)28-39(48(42)57-47(37)38)33-23-25-46-41(27-33)36-17-8-10-21-44(36)56-46/h1-29H. The molecule has 0 saturated heterocycles. The zero-order chi connectivity index (χ0) is 37.5. The Morgan fingerprint density at radius 1 is 0.263 bits per heavy atom. The van der Waals surface area contributed by atoms with Crippen molar-refractivity contribution in [3.05, 3.63) is 176 Å². The van der Waals surface area contributed by atoms with Gasteiger partial charge in [0.05, 0.1) is 5.56 Å². The van der Waals surface area contributed by atoms with Gasteiger partial charge in [-0.2, -0.15) is 0 Å². The molecule has 0 unspecified atom stereocenters. The molecule has 0 aliphatic carbocycles. The van der Waals surface area contributed by atoms with Crippen molar-refractivity contribution in [1.82, 2.24) is 15.0 Å². The predicted octanol–water partition coefficient (Wildman–Crippen LogP) is 13.9. The normalized spacial score (nSPS) is 11.9. The minimum atomic E-state index is 0.540. The Labute approximate surface area is 325 Å². The summed E-state index contributed by atoms with van der Waals surface area (Å²) in [7, 11) is 0. The minimum absolute atomic E-state index is 0.540. The summed E-state index contributed by atoms with van der Waals surface area (Å²) in [6, 6.07) is 59.9. The first-order chi connectivity index (χ1) is 28.2. The average molecular weight is 732 g/mol. The molecule has 0 amide bonds. The van der Waals surface area contributed by atoms with Crippen LogP contribution < -0.4 is 0 Å². The van der Waals surface area contributed by atoms with Gasteiger partial charge in [0, 0.05) is 49.0 Å². The predicted molar refractivity (Wildman–Crippen MR) is 229 cm³/mol. The first kappa shape index (κ1) is 31.5. The number of aromatic nitrogens is 3. The van der Waals surface area contributed by atoms with E-state index >= 15 is 0 Å². The molecular formula is C51H29N3O3. The second-order valence-corrected chi connectivity index (χ2v) is 14.3. The maximum atomic E-state index is 7.06. The molecule has 0 aliphatic heterocycles. The summed E-state index contributed by atoms with van der Waals surface area (Å²) in [4.78, 5) is 15.1. The molecule has 6 nitrogen and oxygen atoms in total. The second kappa shape index (κ2) is 12.3. The van der Waals surface area contributed by atoms with E-state index in [9.17, 15) is 0 Å². The SMILES string of the molecule is c1ccc(-c2nc(-c3ccccc3)nc(-c3cccc4c3oc3c(-c5ccc6oc7ccccc7c6c5)cc(-c5ccc6oc7ccccc7c6c5)cc34)n2)cc1. The van der Waals surface area contributed by atoms with Crippen LogP contribution in [-0.2, 0) is 0 Å². The van der Waals surface area contributed by atoms with Crippen LogP contribution in [0.2, 0.25) is 0 Å². The van der Waals surface area contributed by atoms with E-state index in [4.69, 9.17) is 28.2 Å². The highest BCUT2D eigenvalue weighted by atomic mass is 16.3. The van der Waals surface area contributed by atoms with Gasteiger partial charge < -0.3 is 13.3 Å². The smallest absolute Gasteiger partial charge is 0.167 e. The lowest BCUT2D eigenvalue weighted by molar-refractivity contribution is 0.668. The van der Waals surface area contributed by atoms with Crippen LogP contribution in [0.25, 0.3) is 122 Å². The summed E-state index contributed by atoms with van der Waals surface area (Å²) in [6.45, 7) is 0. The molecule has 0 aliphatic rings. The first-order valence-electron chi connectivity index (χ1n) is 18.9. The van der Waals surface area contributed by atoms with Gasteiger partial charge in [0.1, 0.15) is 33.5 Å². The van der Waals surface area contributed by atoms with Crippen molar-refractivity contribution in [2.75, 3.05) is 0 Å². The van der Waals surface area contributed by atoms with Crippen molar-refractivity contribution in [1.29, 1.82) is 0 Å². The van der Waals surface area contributed by atoms with Gasteiger partial charge in [-0.25, -0.2) is 15.0 Å². The summed E-state index contributed by atoms with van der Waals surface area (Å²) in [5, 5.41) is 6.26. The van der Waals surface area contributed by atoms with Crippen LogP contribution in [0.3, 0.4) is 0 Å². The Kier molecular flexibility index (Phi) is 6.83. The van der Waals surface area contributed by atoms with Gasteiger partial charge in [0.25, 0.3) is 0 Å². The highest BCUT2D eigenvalue weighted by Gasteiger charge is 2.22. The van der Waals surface area contributed by atoms with E-state index in [-0.39, 0.29) is 0 Å². The van der Waals surface area contributed by atoms with Crippen molar-refractivity contribution >= 4 is 65.8 Å². The Balaban J connectivity index is 1.12. The zero-order valence-corrected chi connectivity index (χ0v) is 30.3. The summed E-state index contributed by atoms with van der Waals surface area (Å²) >= 11 is 0. The van der Waals surface area contributed by atoms with Crippen LogP contribution >= 0.6 is 0 Å². The highest BCUT2D eigenvalue weighted by molar-refractivity contribution is 6.15. The molecule has 0 saturated carbocycles. The lowest BCUT2D eigenvalue weighted by Crippen LogP contribution is -2.00. The molecule has 57 heavy (non-hydrogen) atoms. The van der Waals surface area contributed by atoms with E-state index < -0.39 is 0 Å². The minimum Gasteiger partial charge on any atom is -0.456 e. The van der Waals surface area contributed by atoms with Crippen LogP contribution in [0.4, 0.5) is 0 Å². The van der Waals surface area contributed by atoms with Crippen molar-refractivity contribution < 1.29 is 13.3 Å². The fourth-order valence-corrected chi connectivity index (χ4v) is 8.19. The van der Waals surface area contributed by atoms with Gasteiger partial charge in [0.15, 0.2) is 17.5 Å². The third-order valence-electron chi connectivity index (χ3n) is 10.9. The summed E-state index contributed by atoms with van der Waals surface area (Å²) in [6.07, 6.45) is 0. The number of rotatable bonds is 5. The molecule has 0 bridgehead atoms. The molecule has 4 aromatic heterocycles. The molecule has 12 rings (SSSR count). The third-order valence-corrected chi connectivity index (χ3v) is 10.9. The van der Waals surface area contributed by atoms with Crippen molar-refractivity contribution in [3.63, 3.8) is 0 Å². The fraction of sp³-hybridized carbons (Fsp3) is 0. The maximum Gasteiger partial charge on any atom is 0.167 e. The molecule has 8 aromatic carbocycles. The van der Waals surface area contributed by atoms with Crippen LogP contribution in [0.1, 0.15) is 0 Å². The number of para-hydroxylation sites is 3. The molecule has 6 heteroatoms. The van der Waals surface area contributed by atoms with Gasteiger partial charge in [-0.1, -0.05) is 121 Å². The van der Waals surface area contributed by atoms with E-state index in [1.54, 1.807) is 0 Å². The van der Waals surface area contributed by atoms with Gasteiger partial charge in [-0.15, -0.1) is 0 Å². The van der Waals surface area contributed by atoms with Gasteiger partial charge in [-0.3, -0.25) is 0 Å². The van der Waals surface area contributed by atoms with Gasteiger partial charge in [-0.05, 0) is 71.3 Å². The Morgan fingerprint density at radius 2 is 0.754 bits per heavy atom. The second-order valence-electron chi connectivity index (χ2n) is 14.3. The topological polar surface area (TPSA) is 78.1 Å². The molecule has 0 fully saturated rings. The Bertz CT molecular complexity index is 3470. The van der Waals surface area contributed by atoms with E-state index in [2.05, 4.69) is 78.9 Å². The van der Waals surface area contributed by atoms with Crippen LogP contribution in [-0.4, -0.2) is 15.0 Å². The number of hydrogen-bond acceptors (Lipinski definition) is 6. The molecular weight excluding hydrogens is 703 g/mol. The molecule has 12 aromatic rings. The largest absolute Gasteiger partial charge is 0.456 e. The van der Waals surface area contributed by atoms with Gasteiger partial charge in [0.2, 0.25) is 0 Å². The summed E-state index contributed by atoms with van der Waals surface area (Å²) in [5.74, 6) is 1.73. The molecule has 0 N–H and O–H groups in total. The van der Waals surface area contributed by atoms with Gasteiger partial charge >= 0.3 is 0 Å². The van der Waals surface area contributed by atoms with Crippen LogP contribution in [0.15, 0.2) is 189 Å². The van der Waals surface area contributed by atoms with E-state index in [1.807, 2.05) is 97.1 Å². The number of hydrogen-bond donors (Lipinski definition) is 0. The average Bonchev–Trinajstić information content (AvgIpc) is 3.97. The van der Waals surface area contributed by atoms with Crippen LogP contribution in [0.5, 0.6) is 0 Å². The Hall–Kier alpha value is -7.83.